The van der Waals surface area contributed by atoms with Crippen LogP contribution in [0.2, 0.25) is 0 Å². The van der Waals surface area contributed by atoms with Crippen LogP contribution in [0.15, 0.2) is 66.0 Å². The summed E-state index contributed by atoms with van der Waals surface area (Å²) < 4.78 is 10.8. The minimum absolute atomic E-state index is 0.0873. The highest BCUT2D eigenvalue weighted by Gasteiger charge is 2.38. The van der Waals surface area contributed by atoms with Crippen LogP contribution in [-0.2, 0) is 17.9 Å². The molecule has 1 fully saturated rings. The van der Waals surface area contributed by atoms with Crippen molar-refractivity contribution in [1.82, 2.24) is 15.1 Å². The number of nitrogens with one attached hydrogen (secondary N) is 1. The molecule has 2 atom stereocenters. The Labute approximate surface area is 228 Å². The first kappa shape index (κ1) is 27.6. The first-order valence-corrected chi connectivity index (χ1v) is 13.7. The Morgan fingerprint density at radius 1 is 1.03 bits per heavy atom. The quantitative estimate of drug-likeness (QED) is 0.389. The molecule has 1 aliphatic rings. The number of methoxy groups -OCH3 is 2. The maximum Gasteiger partial charge on any atom is 0.264 e. The smallest absolute Gasteiger partial charge is 0.264 e. The number of amides is 2. The Kier molecular flexibility index (Phi) is 9.75. The number of hydrogen-bond acceptors (Lipinski definition) is 7. The molecule has 3 N–H and O–H groups in total. The number of rotatable bonds is 11. The highest BCUT2D eigenvalue weighted by atomic mass is 32.1. The van der Waals surface area contributed by atoms with Crippen LogP contribution in [-0.4, -0.2) is 67.6 Å². The van der Waals surface area contributed by atoms with Gasteiger partial charge in [0, 0.05) is 38.8 Å². The van der Waals surface area contributed by atoms with Gasteiger partial charge in [0.1, 0.15) is 17.5 Å². The number of hydrogen-bond donors (Lipinski definition) is 2. The fourth-order valence-electron chi connectivity index (χ4n) is 4.91. The van der Waals surface area contributed by atoms with E-state index >= 15 is 0 Å². The number of benzene rings is 2. The third-order valence-electron chi connectivity index (χ3n) is 6.89. The van der Waals surface area contributed by atoms with Gasteiger partial charge < -0.3 is 25.4 Å². The largest absolute Gasteiger partial charge is 0.497 e. The zero-order valence-corrected chi connectivity index (χ0v) is 22.8. The average Bonchev–Trinajstić information content (AvgIpc) is 3.50. The average molecular weight is 537 g/mol. The van der Waals surface area contributed by atoms with Crippen molar-refractivity contribution in [2.24, 2.45) is 5.73 Å². The molecule has 0 aliphatic carbocycles. The summed E-state index contributed by atoms with van der Waals surface area (Å²) in [6.07, 6.45) is 1.30. The van der Waals surface area contributed by atoms with Gasteiger partial charge in [-0.05, 0) is 59.7 Å². The Bertz CT molecular complexity index is 1190. The zero-order valence-electron chi connectivity index (χ0n) is 22.0. The van der Waals surface area contributed by atoms with Crippen LogP contribution in [0.1, 0.15) is 33.6 Å². The molecule has 8 nitrogen and oxygen atoms in total. The molecule has 0 bridgehead atoms. The summed E-state index contributed by atoms with van der Waals surface area (Å²) in [6, 6.07) is 19.3. The molecule has 2 aromatic carbocycles. The molecule has 0 spiro atoms. The summed E-state index contributed by atoms with van der Waals surface area (Å²) in [5, 5.41) is 4.80. The monoisotopic (exact) mass is 536 g/mol. The molecular weight excluding hydrogens is 500 g/mol. The molecule has 9 heteroatoms. The molecule has 1 aromatic heterocycles. The third-order valence-corrected chi connectivity index (χ3v) is 7.75. The van der Waals surface area contributed by atoms with Crippen molar-refractivity contribution in [1.29, 1.82) is 0 Å². The first-order valence-electron chi connectivity index (χ1n) is 12.8. The standard InChI is InChI=1S/C29H36N4O4S/c1-36-24-10-8-21(9-11-24)19-32(20-22-5-3-6-25(17-22)37-2)23-12-15-33(29(35)27-7-4-16-38-27)26(18-23)28(34)31-14-13-30/h3-11,16-17,23,26H,12-15,18-20,30H2,1-2H3,(H,31,34)/t23?,26-/m1/s1. The molecular formula is C29H36N4O4S. The summed E-state index contributed by atoms with van der Waals surface area (Å²) in [6.45, 7) is 2.60. The van der Waals surface area contributed by atoms with E-state index in [2.05, 4.69) is 28.4 Å². The molecule has 3 aromatic rings. The van der Waals surface area contributed by atoms with Crippen LogP contribution in [0.5, 0.6) is 11.5 Å². The predicted octanol–water partition coefficient (Wildman–Crippen LogP) is 3.52. The molecule has 0 saturated carbocycles. The van der Waals surface area contributed by atoms with Crippen LogP contribution in [0, 0.1) is 0 Å². The van der Waals surface area contributed by atoms with E-state index in [1.165, 1.54) is 11.3 Å². The normalized spacial score (nSPS) is 17.3. The molecule has 202 valence electrons. The van der Waals surface area contributed by atoms with Crippen LogP contribution < -0.4 is 20.5 Å². The van der Waals surface area contributed by atoms with Crippen molar-refractivity contribution in [3.63, 3.8) is 0 Å². The van der Waals surface area contributed by atoms with Gasteiger partial charge in [-0.3, -0.25) is 14.5 Å². The second kappa shape index (κ2) is 13.4. The van der Waals surface area contributed by atoms with E-state index in [1.807, 2.05) is 47.8 Å². The van der Waals surface area contributed by atoms with Crippen molar-refractivity contribution < 1.29 is 19.1 Å². The summed E-state index contributed by atoms with van der Waals surface area (Å²) in [7, 11) is 3.32. The van der Waals surface area contributed by atoms with Crippen LogP contribution in [0.25, 0.3) is 0 Å². The molecule has 4 rings (SSSR count). The number of likely N-dealkylation sites (tertiary alicyclic amines) is 1. The van der Waals surface area contributed by atoms with E-state index in [9.17, 15) is 9.59 Å². The van der Waals surface area contributed by atoms with Crippen LogP contribution in [0.4, 0.5) is 0 Å². The van der Waals surface area contributed by atoms with E-state index in [1.54, 1.807) is 19.1 Å². The van der Waals surface area contributed by atoms with Gasteiger partial charge in [0.25, 0.3) is 5.91 Å². The van der Waals surface area contributed by atoms with Gasteiger partial charge in [-0.1, -0.05) is 30.3 Å². The maximum absolute atomic E-state index is 13.3. The molecule has 2 heterocycles. The fraction of sp³-hybridized carbons (Fsp3) is 0.379. The third kappa shape index (κ3) is 6.92. The van der Waals surface area contributed by atoms with Gasteiger partial charge in [-0.25, -0.2) is 0 Å². The van der Waals surface area contributed by atoms with Crippen molar-refractivity contribution >= 4 is 23.2 Å². The van der Waals surface area contributed by atoms with Gasteiger partial charge in [-0.15, -0.1) is 11.3 Å². The summed E-state index contributed by atoms with van der Waals surface area (Å²) >= 11 is 1.40. The summed E-state index contributed by atoms with van der Waals surface area (Å²) in [5.74, 6) is 1.36. The lowest BCUT2D eigenvalue weighted by atomic mass is 9.93. The molecule has 1 aliphatic heterocycles. The molecule has 38 heavy (non-hydrogen) atoms. The zero-order chi connectivity index (χ0) is 26.9. The maximum atomic E-state index is 13.3. The van der Waals surface area contributed by atoms with Gasteiger partial charge in [0.05, 0.1) is 19.1 Å². The van der Waals surface area contributed by atoms with Crippen molar-refractivity contribution in [2.75, 3.05) is 33.9 Å². The van der Waals surface area contributed by atoms with Gasteiger partial charge in [0.15, 0.2) is 0 Å². The first-order chi connectivity index (χ1) is 18.5. The van der Waals surface area contributed by atoms with Crippen LogP contribution >= 0.6 is 11.3 Å². The van der Waals surface area contributed by atoms with Gasteiger partial charge in [0.2, 0.25) is 5.91 Å². The highest BCUT2D eigenvalue weighted by molar-refractivity contribution is 7.12. The van der Waals surface area contributed by atoms with Crippen molar-refractivity contribution in [2.45, 2.75) is 38.0 Å². The number of thiophene rings is 1. The number of nitrogens with two attached hydrogens (primary N) is 1. The SMILES string of the molecule is COc1ccc(CN(Cc2cccc(OC)c2)C2CCN(C(=O)c3cccs3)[C@@H](C(=O)NCCN)C2)cc1. The number of carbonyl (C=O) groups is 2. The minimum Gasteiger partial charge on any atom is -0.497 e. The van der Waals surface area contributed by atoms with Crippen molar-refractivity contribution in [3.05, 3.63) is 82.0 Å². The second-order valence-corrected chi connectivity index (χ2v) is 10.3. The fourth-order valence-corrected chi connectivity index (χ4v) is 5.59. The highest BCUT2D eigenvalue weighted by Crippen LogP contribution is 2.28. The van der Waals surface area contributed by atoms with Gasteiger partial charge >= 0.3 is 0 Å². The Hall–Kier alpha value is -3.40. The van der Waals surface area contributed by atoms with Crippen LogP contribution in [0.3, 0.4) is 0 Å². The molecule has 1 saturated heterocycles. The lowest BCUT2D eigenvalue weighted by Gasteiger charge is -2.43. The molecule has 0 radical (unpaired) electrons. The topological polar surface area (TPSA) is 97.1 Å². The summed E-state index contributed by atoms with van der Waals surface area (Å²) in [4.78, 5) is 31.4. The number of nitrogens with zero attached hydrogens (tertiary/aromatic N) is 2. The second-order valence-electron chi connectivity index (χ2n) is 9.35. The Morgan fingerprint density at radius 2 is 1.79 bits per heavy atom. The lowest BCUT2D eigenvalue weighted by molar-refractivity contribution is -0.127. The Balaban J connectivity index is 1.60. The molecule has 2 amide bonds. The van der Waals surface area contributed by atoms with E-state index < -0.39 is 6.04 Å². The number of piperidine rings is 1. The summed E-state index contributed by atoms with van der Waals surface area (Å²) in [5.41, 5.74) is 7.92. The van der Waals surface area contributed by atoms with Gasteiger partial charge in [-0.2, -0.15) is 0 Å². The minimum atomic E-state index is -0.571. The van der Waals surface area contributed by atoms with E-state index in [0.717, 1.165) is 29.0 Å². The van der Waals surface area contributed by atoms with E-state index in [-0.39, 0.29) is 17.9 Å². The Morgan fingerprint density at radius 3 is 2.47 bits per heavy atom. The number of ether oxygens (including phenoxy) is 2. The van der Waals surface area contributed by atoms with E-state index in [0.29, 0.717) is 44.0 Å². The number of carbonyl (C=O) groups excluding carboxylic acids is 2. The molecule has 1 unspecified atom stereocenters. The van der Waals surface area contributed by atoms with Crippen molar-refractivity contribution in [3.8, 4) is 11.5 Å². The lowest BCUT2D eigenvalue weighted by Crippen LogP contribution is -2.57. The predicted molar refractivity (Wildman–Crippen MR) is 149 cm³/mol. The van der Waals surface area contributed by atoms with E-state index in [4.69, 9.17) is 15.2 Å².